The predicted molar refractivity (Wildman–Crippen MR) is 38.8 cm³/mol. The molecule has 4 heteroatoms. The molecule has 1 aliphatic heterocycles. The summed E-state index contributed by atoms with van der Waals surface area (Å²) >= 11 is 0. The van der Waals surface area contributed by atoms with Gasteiger partial charge in [0.2, 0.25) is 0 Å². The van der Waals surface area contributed by atoms with Crippen LogP contribution in [-0.4, -0.2) is 18.4 Å². The Bertz CT molecular complexity index is 158. The third-order valence-electron chi connectivity index (χ3n) is 2.47. The lowest BCUT2D eigenvalue weighted by Gasteiger charge is -2.51. The summed E-state index contributed by atoms with van der Waals surface area (Å²) in [6, 6.07) is 0. The summed E-state index contributed by atoms with van der Waals surface area (Å²) in [4.78, 5) is 0. The molecule has 0 saturated carbocycles. The normalized spacial score (nSPS) is 31.5. The van der Waals surface area contributed by atoms with E-state index in [1.54, 1.807) is 20.8 Å². The Hall–Kier alpha value is -0.250. The lowest BCUT2D eigenvalue weighted by molar-refractivity contribution is -0.359. The van der Waals surface area contributed by atoms with Crippen LogP contribution in [-0.2, 0) is 4.74 Å². The molecule has 12 heavy (non-hydrogen) atoms. The van der Waals surface area contributed by atoms with E-state index in [-0.39, 0.29) is 13.0 Å². The summed E-state index contributed by atoms with van der Waals surface area (Å²) in [6.45, 7) is 4.88. The second kappa shape index (κ2) is 2.37. The smallest absolute Gasteiger partial charge is 0.365 e. The second-order valence-corrected chi connectivity index (χ2v) is 4.17. The molecule has 1 heterocycles. The molecule has 1 rings (SSSR count). The maximum absolute atomic E-state index is 12.5. The van der Waals surface area contributed by atoms with Crippen molar-refractivity contribution in [1.29, 1.82) is 0 Å². The molecule has 1 unspecified atom stereocenters. The highest BCUT2D eigenvalue weighted by Crippen LogP contribution is 2.52. The van der Waals surface area contributed by atoms with Gasteiger partial charge in [-0.2, -0.15) is 13.2 Å². The van der Waals surface area contributed by atoms with Gasteiger partial charge in [-0.25, -0.2) is 0 Å². The zero-order valence-electron chi connectivity index (χ0n) is 7.46. The summed E-state index contributed by atoms with van der Waals surface area (Å²) in [7, 11) is 0. The van der Waals surface area contributed by atoms with Crippen molar-refractivity contribution in [3.05, 3.63) is 0 Å². The van der Waals surface area contributed by atoms with Gasteiger partial charge in [0.05, 0.1) is 6.61 Å². The van der Waals surface area contributed by atoms with Crippen molar-refractivity contribution in [3.63, 3.8) is 0 Å². The summed E-state index contributed by atoms with van der Waals surface area (Å²) < 4.78 is 42.3. The van der Waals surface area contributed by atoms with Crippen LogP contribution in [0, 0.1) is 5.41 Å². The molecule has 1 atom stereocenters. The SMILES string of the molecule is CC(C)(C)C1(C(F)(F)F)CCO1. The van der Waals surface area contributed by atoms with Crippen LogP contribution >= 0.6 is 0 Å². The quantitative estimate of drug-likeness (QED) is 0.559. The first-order chi connectivity index (χ1) is 5.21. The third-order valence-corrected chi connectivity index (χ3v) is 2.47. The third kappa shape index (κ3) is 1.13. The van der Waals surface area contributed by atoms with Gasteiger partial charge in [0.1, 0.15) is 0 Å². The molecule has 1 aliphatic rings. The van der Waals surface area contributed by atoms with Gasteiger partial charge in [0.25, 0.3) is 0 Å². The van der Waals surface area contributed by atoms with Crippen molar-refractivity contribution in [1.82, 2.24) is 0 Å². The van der Waals surface area contributed by atoms with Crippen LogP contribution in [0.25, 0.3) is 0 Å². The number of ether oxygens (including phenoxy) is 1. The Morgan fingerprint density at radius 1 is 1.17 bits per heavy atom. The molecular formula is C8H13F3O. The number of halogens is 3. The second-order valence-electron chi connectivity index (χ2n) is 4.17. The van der Waals surface area contributed by atoms with Crippen molar-refractivity contribution in [2.24, 2.45) is 5.41 Å². The van der Waals surface area contributed by atoms with Gasteiger partial charge in [-0.3, -0.25) is 0 Å². The van der Waals surface area contributed by atoms with Gasteiger partial charge >= 0.3 is 6.18 Å². The van der Waals surface area contributed by atoms with E-state index in [4.69, 9.17) is 4.74 Å². The van der Waals surface area contributed by atoms with E-state index in [2.05, 4.69) is 0 Å². The highest BCUT2D eigenvalue weighted by Gasteiger charge is 2.66. The monoisotopic (exact) mass is 182 g/mol. The number of hydrogen-bond donors (Lipinski definition) is 0. The summed E-state index contributed by atoms with van der Waals surface area (Å²) in [6.07, 6.45) is -4.16. The van der Waals surface area contributed by atoms with Crippen LogP contribution in [0.15, 0.2) is 0 Å². The van der Waals surface area contributed by atoms with E-state index >= 15 is 0 Å². The molecule has 0 aromatic rings. The fourth-order valence-corrected chi connectivity index (χ4v) is 1.55. The van der Waals surface area contributed by atoms with Crippen molar-refractivity contribution >= 4 is 0 Å². The zero-order chi connectivity index (χ0) is 9.62. The maximum Gasteiger partial charge on any atom is 0.418 e. The van der Waals surface area contributed by atoms with E-state index < -0.39 is 17.2 Å². The van der Waals surface area contributed by atoms with E-state index in [0.717, 1.165) is 0 Å². The average Bonchev–Trinajstić information content (AvgIpc) is 1.47. The lowest BCUT2D eigenvalue weighted by atomic mass is 9.71. The molecule has 0 aromatic heterocycles. The standard InChI is InChI=1S/C8H13F3O/c1-6(2,3)7(4-5-12-7)8(9,10)11/h4-5H2,1-3H3. The van der Waals surface area contributed by atoms with Crippen LogP contribution in [0.2, 0.25) is 0 Å². The Balaban J connectivity index is 2.92. The van der Waals surface area contributed by atoms with E-state index in [1.165, 1.54) is 0 Å². The summed E-state index contributed by atoms with van der Waals surface area (Å²) in [5, 5.41) is 0. The molecule has 0 aromatic carbocycles. The van der Waals surface area contributed by atoms with Gasteiger partial charge in [-0.1, -0.05) is 20.8 Å². The fourth-order valence-electron chi connectivity index (χ4n) is 1.55. The molecule has 0 aliphatic carbocycles. The average molecular weight is 182 g/mol. The molecule has 0 spiro atoms. The Labute approximate surface area is 69.9 Å². The molecule has 0 amide bonds. The van der Waals surface area contributed by atoms with Crippen molar-refractivity contribution in [3.8, 4) is 0 Å². The Morgan fingerprint density at radius 2 is 1.58 bits per heavy atom. The minimum absolute atomic E-state index is 0.0833. The van der Waals surface area contributed by atoms with Crippen molar-refractivity contribution in [2.45, 2.75) is 39.0 Å². The maximum atomic E-state index is 12.5. The van der Waals surface area contributed by atoms with Crippen LogP contribution in [0.1, 0.15) is 27.2 Å². The van der Waals surface area contributed by atoms with Crippen molar-refractivity contribution in [2.75, 3.05) is 6.61 Å². The van der Waals surface area contributed by atoms with E-state index in [1.807, 2.05) is 0 Å². The molecule has 0 N–H and O–H groups in total. The molecule has 1 nitrogen and oxygen atoms in total. The number of hydrogen-bond acceptors (Lipinski definition) is 1. The molecule has 0 bridgehead atoms. The Kier molecular flexibility index (Phi) is 1.95. The van der Waals surface area contributed by atoms with Crippen LogP contribution in [0.4, 0.5) is 13.2 Å². The van der Waals surface area contributed by atoms with Gasteiger partial charge in [0, 0.05) is 6.42 Å². The van der Waals surface area contributed by atoms with Gasteiger partial charge in [-0.05, 0) is 5.41 Å². The summed E-state index contributed by atoms with van der Waals surface area (Å²) in [5.74, 6) is 0. The fraction of sp³-hybridized carbons (Fsp3) is 1.00. The van der Waals surface area contributed by atoms with Crippen LogP contribution in [0.5, 0.6) is 0 Å². The first-order valence-corrected chi connectivity index (χ1v) is 3.91. The minimum Gasteiger partial charge on any atom is -0.365 e. The highest BCUT2D eigenvalue weighted by atomic mass is 19.4. The molecule has 1 saturated heterocycles. The molecular weight excluding hydrogens is 169 g/mol. The molecule has 0 radical (unpaired) electrons. The van der Waals surface area contributed by atoms with Crippen LogP contribution in [0.3, 0.4) is 0 Å². The summed E-state index contributed by atoms with van der Waals surface area (Å²) in [5.41, 5.74) is -2.77. The first kappa shape index (κ1) is 9.84. The lowest BCUT2D eigenvalue weighted by Crippen LogP contribution is -2.63. The Morgan fingerprint density at radius 3 is 1.58 bits per heavy atom. The van der Waals surface area contributed by atoms with Gasteiger partial charge < -0.3 is 4.74 Å². The predicted octanol–water partition coefficient (Wildman–Crippen LogP) is 2.75. The number of alkyl halides is 3. The van der Waals surface area contributed by atoms with Crippen molar-refractivity contribution < 1.29 is 17.9 Å². The van der Waals surface area contributed by atoms with Gasteiger partial charge in [0.15, 0.2) is 5.60 Å². The topological polar surface area (TPSA) is 9.23 Å². The van der Waals surface area contributed by atoms with Crippen LogP contribution < -0.4 is 0 Å². The van der Waals surface area contributed by atoms with E-state index in [9.17, 15) is 13.2 Å². The number of rotatable bonds is 0. The first-order valence-electron chi connectivity index (χ1n) is 3.91. The molecule has 72 valence electrons. The zero-order valence-corrected chi connectivity index (χ0v) is 7.46. The largest absolute Gasteiger partial charge is 0.418 e. The molecule has 1 fully saturated rings. The minimum atomic E-state index is -4.25. The van der Waals surface area contributed by atoms with E-state index in [0.29, 0.717) is 0 Å². The highest BCUT2D eigenvalue weighted by molar-refractivity contribution is 5.02. The van der Waals surface area contributed by atoms with Gasteiger partial charge in [-0.15, -0.1) is 0 Å².